The van der Waals surface area contributed by atoms with E-state index >= 15 is 0 Å². The molecule has 0 radical (unpaired) electrons. The van der Waals surface area contributed by atoms with Gasteiger partial charge in [0.05, 0.1) is 17.6 Å². The van der Waals surface area contributed by atoms with Crippen LogP contribution < -0.4 is 5.32 Å². The summed E-state index contributed by atoms with van der Waals surface area (Å²) in [5.74, 6) is -1.84. The van der Waals surface area contributed by atoms with Crippen molar-refractivity contribution in [3.8, 4) is 11.4 Å². The predicted octanol–water partition coefficient (Wildman–Crippen LogP) is 0.910. The van der Waals surface area contributed by atoms with E-state index < -0.39 is 11.7 Å². The van der Waals surface area contributed by atoms with Crippen LogP contribution in [0.4, 0.5) is 4.39 Å². The van der Waals surface area contributed by atoms with E-state index in [1.54, 1.807) is 24.1 Å². The summed E-state index contributed by atoms with van der Waals surface area (Å²) < 4.78 is 14.2. The number of aromatic amines is 1. The Bertz CT molecular complexity index is 586. The number of nitrogens with one attached hydrogen (secondary N) is 2. The molecule has 1 amide bonds. The first kappa shape index (κ1) is 12.0. The number of carbonyl (C=O) groups excluding carboxylic acids is 1. The number of nitrogens with zero attached hydrogens (tertiary/aromatic N) is 3. The number of aryl methyl sites for hydroxylation is 1. The molecule has 2 heterocycles. The van der Waals surface area contributed by atoms with E-state index in [1.165, 1.54) is 0 Å². The second kappa shape index (κ2) is 4.82. The molecule has 2 aromatic rings. The van der Waals surface area contributed by atoms with E-state index in [2.05, 4.69) is 27.2 Å². The van der Waals surface area contributed by atoms with E-state index in [0.29, 0.717) is 0 Å². The molecule has 0 saturated heterocycles. The normalized spacial score (nSPS) is 10.3. The van der Waals surface area contributed by atoms with Crippen LogP contribution in [-0.2, 0) is 18.4 Å². The van der Waals surface area contributed by atoms with Gasteiger partial charge in [-0.3, -0.25) is 14.6 Å². The summed E-state index contributed by atoms with van der Waals surface area (Å²) in [4.78, 5) is 11.1. The molecule has 2 aromatic heterocycles. The second-order valence-electron chi connectivity index (χ2n) is 3.70. The molecule has 0 spiro atoms. The molecule has 94 valence electrons. The summed E-state index contributed by atoms with van der Waals surface area (Å²) in [6.07, 6.45) is 3.23. The predicted molar refractivity (Wildman–Crippen MR) is 62.9 cm³/mol. The molecule has 0 fully saturated rings. The SMILES string of the molecule is C=C(F)C(=O)NCc1cn[nH]c1-c1ccnn1C. The van der Waals surface area contributed by atoms with Crippen molar-refractivity contribution in [2.24, 2.45) is 7.05 Å². The maximum atomic E-state index is 12.5. The Morgan fingerprint density at radius 3 is 3.06 bits per heavy atom. The Hall–Kier alpha value is -2.44. The minimum Gasteiger partial charge on any atom is -0.346 e. The number of halogens is 1. The quantitative estimate of drug-likeness (QED) is 0.791. The molecule has 0 unspecified atom stereocenters. The van der Waals surface area contributed by atoms with Gasteiger partial charge in [-0.25, -0.2) is 4.39 Å². The molecule has 0 aliphatic rings. The molecule has 7 heteroatoms. The summed E-state index contributed by atoms with van der Waals surface area (Å²) >= 11 is 0. The highest BCUT2D eigenvalue weighted by Gasteiger charge is 2.12. The highest BCUT2D eigenvalue weighted by atomic mass is 19.1. The molecule has 0 aliphatic carbocycles. The third kappa shape index (κ3) is 2.29. The van der Waals surface area contributed by atoms with Crippen LogP contribution in [-0.4, -0.2) is 25.9 Å². The lowest BCUT2D eigenvalue weighted by atomic mass is 10.2. The molecule has 0 aromatic carbocycles. The highest BCUT2D eigenvalue weighted by molar-refractivity contribution is 5.90. The first-order valence-corrected chi connectivity index (χ1v) is 5.23. The topological polar surface area (TPSA) is 75.6 Å². The number of carbonyl (C=O) groups is 1. The van der Waals surface area contributed by atoms with E-state index in [-0.39, 0.29) is 6.54 Å². The fourth-order valence-corrected chi connectivity index (χ4v) is 1.56. The van der Waals surface area contributed by atoms with Gasteiger partial charge in [0.15, 0.2) is 5.83 Å². The van der Waals surface area contributed by atoms with Gasteiger partial charge in [0.2, 0.25) is 0 Å². The molecule has 2 N–H and O–H groups in total. The van der Waals surface area contributed by atoms with Gasteiger partial charge < -0.3 is 5.32 Å². The first-order valence-electron chi connectivity index (χ1n) is 5.23. The number of amides is 1. The van der Waals surface area contributed by atoms with Crippen molar-refractivity contribution >= 4 is 5.91 Å². The number of rotatable bonds is 4. The van der Waals surface area contributed by atoms with Gasteiger partial charge in [-0.1, -0.05) is 6.58 Å². The maximum Gasteiger partial charge on any atom is 0.279 e. The molecular weight excluding hydrogens is 237 g/mol. The zero-order valence-corrected chi connectivity index (χ0v) is 9.77. The van der Waals surface area contributed by atoms with Gasteiger partial charge in [0.25, 0.3) is 5.91 Å². The molecule has 0 atom stereocenters. The Morgan fingerprint density at radius 1 is 1.67 bits per heavy atom. The van der Waals surface area contributed by atoms with E-state index in [9.17, 15) is 9.18 Å². The average Bonchev–Trinajstić information content (AvgIpc) is 2.93. The van der Waals surface area contributed by atoms with Crippen LogP contribution in [0.2, 0.25) is 0 Å². The summed E-state index contributed by atoms with van der Waals surface area (Å²) in [5.41, 5.74) is 2.31. The Balaban J connectivity index is 2.17. The fourth-order valence-electron chi connectivity index (χ4n) is 1.56. The van der Waals surface area contributed by atoms with Gasteiger partial charge in [0, 0.05) is 25.4 Å². The standard InChI is InChI=1S/C11H12FN5O/c1-7(12)11(18)13-5-8-6-14-16-10(8)9-3-4-15-17(9)2/h3-4,6H,1,5H2,2H3,(H,13,18)(H,14,16). The van der Waals surface area contributed by atoms with Gasteiger partial charge >= 0.3 is 0 Å². The summed E-state index contributed by atoms with van der Waals surface area (Å²) in [6.45, 7) is 3.09. The Kier molecular flexibility index (Phi) is 3.22. The third-order valence-corrected chi connectivity index (χ3v) is 2.48. The van der Waals surface area contributed by atoms with E-state index in [4.69, 9.17) is 0 Å². The van der Waals surface area contributed by atoms with E-state index in [1.807, 2.05) is 6.07 Å². The molecule has 18 heavy (non-hydrogen) atoms. The monoisotopic (exact) mass is 249 g/mol. The highest BCUT2D eigenvalue weighted by Crippen LogP contribution is 2.19. The van der Waals surface area contributed by atoms with Crippen LogP contribution in [0.15, 0.2) is 30.9 Å². The number of hydrogen-bond acceptors (Lipinski definition) is 3. The number of aromatic nitrogens is 4. The Labute approximate surface area is 103 Å². The average molecular weight is 249 g/mol. The van der Waals surface area contributed by atoms with Crippen LogP contribution in [0.25, 0.3) is 11.4 Å². The fraction of sp³-hybridized carbons (Fsp3) is 0.182. The molecular formula is C11H12FN5O. The van der Waals surface area contributed by atoms with Crippen molar-refractivity contribution in [2.75, 3.05) is 0 Å². The van der Waals surface area contributed by atoms with Crippen molar-refractivity contribution in [1.29, 1.82) is 0 Å². The zero-order valence-electron chi connectivity index (χ0n) is 9.77. The van der Waals surface area contributed by atoms with Gasteiger partial charge in [-0.05, 0) is 6.07 Å². The van der Waals surface area contributed by atoms with Crippen molar-refractivity contribution in [3.05, 3.63) is 36.4 Å². The number of hydrogen-bond donors (Lipinski definition) is 2. The summed E-state index contributed by atoms with van der Waals surface area (Å²) in [7, 11) is 1.79. The largest absolute Gasteiger partial charge is 0.346 e. The van der Waals surface area contributed by atoms with Crippen molar-refractivity contribution < 1.29 is 9.18 Å². The number of H-pyrrole nitrogens is 1. The lowest BCUT2D eigenvalue weighted by molar-refractivity contribution is -0.119. The van der Waals surface area contributed by atoms with Crippen molar-refractivity contribution in [1.82, 2.24) is 25.3 Å². The lowest BCUT2D eigenvalue weighted by Crippen LogP contribution is -2.22. The molecule has 0 aliphatic heterocycles. The second-order valence-corrected chi connectivity index (χ2v) is 3.70. The maximum absolute atomic E-state index is 12.5. The summed E-state index contributed by atoms with van der Waals surface area (Å²) in [6, 6.07) is 1.81. The molecule has 2 rings (SSSR count). The van der Waals surface area contributed by atoms with Crippen LogP contribution >= 0.6 is 0 Å². The van der Waals surface area contributed by atoms with Crippen molar-refractivity contribution in [2.45, 2.75) is 6.54 Å². The lowest BCUT2D eigenvalue weighted by Gasteiger charge is -2.04. The van der Waals surface area contributed by atoms with Crippen LogP contribution in [0.3, 0.4) is 0 Å². The Morgan fingerprint density at radius 2 is 2.44 bits per heavy atom. The van der Waals surface area contributed by atoms with Gasteiger partial charge in [0.1, 0.15) is 0 Å². The summed E-state index contributed by atoms with van der Waals surface area (Å²) in [5, 5.41) is 13.2. The van der Waals surface area contributed by atoms with Gasteiger partial charge in [-0.15, -0.1) is 0 Å². The zero-order chi connectivity index (χ0) is 13.1. The van der Waals surface area contributed by atoms with Crippen LogP contribution in [0.5, 0.6) is 0 Å². The molecule has 0 saturated carbocycles. The van der Waals surface area contributed by atoms with E-state index in [0.717, 1.165) is 17.0 Å². The van der Waals surface area contributed by atoms with Gasteiger partial charge in [-0.2, -0.15) is 10.2 Å². The molecule has 6 nitrogen and oxygen atoms in total. The smallest absolute Gasteiger partial charge is 0.279 e. The van der Waals surface area contributed by atoms with Crippen molar-refractivity contribution in [3.63, 3.8) is 0 Å². The van der Waals surface area contributed by atoms with Crippen LogP contribution in [0, 0.1) is 0 Å². The third-order valence-electron chi connectivity index (χ3n) is 2.48. The minimum absolute atomic E-state index is 0.165. The minimum atomic E-state index is -1.01. The molecule has 0 bridgehead atoms. The van der Waals surface area contributed by atoms with Crippen LogP contribution in [0.1, 0.15) is 5.56 Å². The first-order chi connectivity index (χ1) is 8.59.